The van der Waals surface area contributed by atoms with Gasteiger partial charge in [0.05, 0.1) is 24.3 Å². The average Bonchev–Trinajstić information content (AvgIpc) is 2.90. The number of carbonyl (C=O) groups is 1. The van der Waals surface area contributed by atoms with Gasteiger partial charge in [0, 0.05) is 37.3 Å². The number of benzene rings is 2. The summed E-state index contributed by atoms with van der Waals surface area (Å²) >= 11 is 0. The molecule has 0 aliphatic carbocycles. The molecule has 0 unspecified atom stereocenters. The highest BCUT2D eigenvalue weighted by Crippen LogP contribution is 2.30. The predicted molar refractivity (Wildman–Crippen MR) is 138 cm³/mol. The van der Waals surface area contributed by atoms with E-state index in [0.717, 1.165) is 17.7 Å². The maximum absolute atomic E-state index is 13.6. The van der Waals surface area contributed by atoms with Crippen molar-refractivity contribution in [2.45, 2.75) is 32.5 Å². The molecule has 0 radical (unpaired) electrons. The van der Waals surface area contributed by atoms with E-state index in [1.54, 1.807) is 29.3 Å². The Balaban J connectivity index is 1.67. The number of pyridine rings is 1. The molecule has 2 aromatic carbocycles. The molecule has 7 nitrogen and oxygen atoms in total. The number of fused-ring (bicyclic) bond motifs is 1. The van der Waals surface area contributed by atoms with Gasteiger partial charge in [0.2, 0.25) is 5.88 Å². The molecule has 36 heavy (non-hydrogen) atoms. The van der Waals surface area contributed by atoms with E-state index in [1.165, 1.54) is 5.56 Å². The molecule has 1 aliphatic heterocycles. The molecule has 0 saturated carbocycles. The number of aliphatic hydroxyl groups excluding tert-OH is 1. The van der Waals surface area contributed by atoms with Crippen molar-refractivity contribution in [3.05, 3.63) is 83.6 Å². The Kier molecular flexibility index (Phi) is 7.99. The molecule has 4 rings (SSSR count). The first-order valence-corrected chi connectivity index (χ1v) is 12.2. The quantitative estimate of drug-likeness (QED) is 0.546. The molecule has 186 valence electrons. The second-order valence-electron chi connectivity index (χ2n) is 9.57. The topological polar surface area (TPSA) is 89.7 Å². The molecule has 7 heteroatoms. The number of hydrogen-bond donors (Lipinski definition) is 1. The summed E-state index contributed by atoms with van der Waals surface area (Å²) in [6, 6.07) is 21.0. The van der Waals surface area contributed by atoms with Gasteiger partial charge in [0.1, 0.15) is 11.7 Å². The van der Waals surface area contributed by atoms with Crippen LogP contribution in [0.15, 0.2) is 66.9 Å². The zero-order valence-corrected chi connectivity index (χ0v) is 21.0. The van der Waals surface area contributed by atoms with Crippen LogP contribution in [0.5, 0.6) is 5.88 Å². The molecule has 1 amide bonds. The predicted octanol–water partition coefficient (Wildman–Crippen LogP) is 3.97. The van der Waals surface area contributed by atoms with Gasteiger partial charge in [0.25, 0.3) is 5.91 Å². The van der Waals surface area contributed by atoms with Crippen LogP contribution in [0.25, 0.3) is 11.1 Å². The van der Waals surface area contributed by atoms with Crippen molar-refractivity contribution in [3.63, 3.8) is 0 Å². The number of carbonyl (C=O) groups excluding carboxylic acids is 1. The number of aromatic nitrogens is 1. The molecule has 0 spiro atoms. The molecular weight excluding hydrogens is 452 g/mol. The van der Waals surface area contributed by atoms with Crippen LogP contribution in [0.3, 0.4) is 0 Å². The van der Waals surface area contributed by atoms with E-state index in [2.05, 4.69) is 42.1 Å². The third-order valence-corrected chi connectivity index (χ3v) is 6.63. The summed E-state index contributed by atoms with van der Waals surface area (Å²) < 4.78 is 6.41. The lowest BCUT2D eigenvalue weighted by Gasteiger charge is -2.37. The minimum absolute atomic E-state index is 0.0168. The largest absolute Gasteiger partial charge is 0.472 e. The summed E-state index contributed by atoms with van der Waals surface area (Å²) in [6.07, 6.45) is 1.47. The average molecular weight is 485 g/mol. The number of ether oxygens (including phenoxy) is 1. The van der Waals surface area contributed by atoms with Crippen LogP contribution in [-0.4, -0.2) is 64.7 Å². The van der Waals surface area contributed by atoms with Gasteiger partial charge < -0.3 is 14.7 Å². The molecule has 0 saturated heterocycles. The molecule has 1 aromatic heterocycles. The van der Waals surface area contributed by atoms with E-state index in [9.17, 15) is 15.2 Å². The van der Waals surface area contributed by atoms with Crippen LogP contribution in [0.4, 0.5) is 0 Å². The monoisotopic (exact) mass is 484 g/mol. The van der Waals surface area contributed by atoms with Crippen LogP contribution in [0.2, 0.25) is 0 Å². The van der Waals surface area contributed by atoms with Crippen molar-refractivity contribution in [2.24, 2.45) is 5.92 Å². The Morgan fingerprint density at radius 3 is 2.69 bits per heavy atom. The minimum Gasteiger partial charge on any atom is -0.472 e. The number of amides is 1. The maximum atomic E-state index is 13.6. The Labute approximate surface area is 212 Å². The van der Waals surface area contributed by atoms with Crippen LogP contribution < -0.4 is 4.74 Å². The van der Waals surface area contributed by atoms with Gasteiger partial charge in [-0.3, -0.25) is 9.69 Å². The van der Waals surface area contributed by atoms with Gasteiger partial charge in [0.15, 0.2) is 0 Å². The zero-order valence-electron chi connectivity index (χ0n) is 21.0. The standard InChI is InChI=1S/C29H32N4O3/c1-20-16-33(21(2)19-34)29(35)26-13-25(24-11-7-10-23(12-24)14-30)15-31-28(26)36-27(20)18-32(3)17-22-8-5-4-6-9-22/h4-13,15,20-21,27,34H,16-19H2,1-3H3/t20-,21+,27-/m1/s1. The zero-order chi connectivity index (χ0) is 25.7. The second kappa shape index (κ2) is 11.3. The molecule has 3 atom stereocenters. The minimum atomic E-state index is -0.348. The van der Waals surface area contributed by atoms with Crippen LogP contribution >= 0.6 is 0 Å². The van der Waals surface area contributed by atoms with Crippen molar-refractivity contribution < 1.29 is 14.6 Å². The molecular formula is C29H32N4O3. The number of aliphatic hydroxyl groups is 1. The molecule has 1 N–H and O–H groups in total. The first kappa shape index (κ1) is 25.4. The summed E-state index contributed by atoms with van der Waals surface area (Å²) in [7, 11) is 2.06. The maximum Gasteiger partial charge on any atom is 0.259 e. The summed E-state index contributed by atoms with van der Waals surface area (Å²) in [4.78, 5) is 22.1. The molecule has 0 bridgehead atoms. The molecule has 3 aromatic rings. The van der Waals surface area contributed by atoms with Crippen molar-refractivity contribution in [1.29, 1.82) is 5.26 Å². The van der Waals surface area contributed by atoms with E-state index in [-0.39, 0.29) is 30.6 Å². The number of hydrogen-bond acceptors (Lipinski definition) is 6. The van der Waals surface area contributed by atoms with Crippen molar-refractivity contribution in [3.8, 4) is 23.1 Å². The molecule has 1 aliphatic rings. The Hall–Kier alpha value is -3.73. The van der Waals surface area contributed by atoms with E-state index < -0.39 is 0 Å². The third-order valence-electron chi connectivity index (χ3n) is 6.63. The van der Waals surface area contributed by atoms with E-state index >= 15 is 0 Å². The van der Waals surface area contributed by atoms with E-state index in [0.29, 0.717) is 30.1 Å². The second-order valence-corrected chi connectivity index (χ2v) is 9.57. The SMILES string of the molecule is C[C@@H]1CN([C@@H](C)CO)C(=O)c2cc(-c3cccc(C#N)c3)cnc2O[C@@H]1CN(C)Cc1ccccc1. The fourth-order valence-corrected chi connectivity index (χ4v) is 4.51. The Morgan fingerprint density at radius 2 is 1.97 bits per heavy atom. The fraction of sp³-hybridized carbons (Fsp3) is 0.345. The normalized spacial score (nSPS) is 18.6. The fourth-order valence-electron chi connectivity index (χ4n) is 4.51. The summed E-state index contributed by atoms with van der Waals surface area (Å²) in [5, 5.41) is 19.2. The number of nitriles is 1. The molecule has 0 fully saturated rings. The number of likely N-dealkylation sites (N-methyl/N-ethyl adjacent to an activating group) is 1. The Bertz CT molecular complexity index is 1240. The molecule has 2 heterocycles. The highest BCUT2D eigenvalue weighted by molar-refractivity contribution is 5.98. The Morgan fingerprint density at radius 1 is 1.19 bits per heavy atom. The first-order chi connectivity index (χ1) is 17.4. The van der Waals surface area contributed by atoms with Gasteiger partial charge >= 0.3 is 0 Å². The number of nitrogens with zero attached hydrogens (tertiary/aromatic N) is 4. The highest BCUT2D eigenvalue weighted by atomic mass is 16.5. The van der Waals surface area contributed by atoms with Gasteiger partial charge in [-0.05, 0) is 43.3 Å². The highest BCUT2D eigenvalue weighted by Gasteiger charge is 2.34. The van der Waals surface area contributed by atoms with E-state index in [1.807, 2.05) is 37.3 Å². The number of rotatable bonds is 7. The van der Waals surface area contributed by atoms with Gasteiger partial charge in [-0.25, -0.2) is 4.98 Å². The summed E-state index contributed by atoms with van der Waals surface area (Å²) in [6.45, 7) is 5.66. The van der Waals surface area contributed by atoms with Crippen LogP contribution in [0, 0.1) is 17.2 Å². The van der Waals surface area contributed by atoms with Gasteiger partial charge in [-0.1, -0.05) is 49.4 Å². The van der Waals surface area contributed by atoms with Gasteiger partial charge in [-0.15, -0.1) is 0 Å². The van der Waals surface area contributed by atoms with Crippen LogP contribution in [-0.2, 0) is 6.54 Å². The van der Waals surface area contributed by atoms with Crippen molar-refractivity contribution in [2.75, 3.05) is 26.7 Å². The van der Waals surface area contributed by atoms with Crippen molar-refractivity contribution >= 4 is 5.91 Å². The lowest BCUT2D eigenvalue weighted by molar-refractivity contribution is 0.0325. The van der Waals surface area contributed by atoms with Gasteiger partial charge in [-0.2, -0.15) is 5.26 Å². The summed E-state index contributed by atoms with van der Waals surface area (Å²) in [5.41, 5.74) is 3.64. The summed E-state index contributed by atoms with van der Waals surface area (Å²) in [5.74, 6) is 0.0865. The van der Waals surface area contributed by atoms with E-state index in [4.69, 9.17) is 4.74 Å². The lowest BCUT2D eigenvalue weighted by atomic mass is 9.98. The smallest absolute Gasteiger partial charge is 0.259 e. The lowest BCUT2D eigenvalue weighted by Crippen LogP contribution is -2.49. The van der Waals surface area contributed by atoms with Crippen LogP contribution in [0.1, 0.15) is 35.3 Å². The third kappa shape index (κ3) is 5.73. The van der Waals surface area contributed by atoms with Crippen molar-refractivity contribution in [1.82, 2.24) is 14.8 Å². The first-order valence-electron chi connectivity index (χ1n) is 12.2.